The SMILES string of the molecule is Cc1cc(C)c(NC(=O)C2CCCN(c3c(Cc4ccccc4)c(C)nc4ncnn34)C2)c(C)c1. The van der Waals surface area contributed by atoms with E-state index in [9.17, 15) is 4.79 Å². The molecular formula is C28H32N6O. The van der Waals surface area contributed by atoms with Gasteiger partial charge in [-0.1, -0.05) is 48.0 Å². The number of carbonyl (C=O) groups excluding carboxylic acids is 1. The third-order valence-corrected chi connectivity index (χ3v) is 6.95. The van der Waals surface area contributed by atoms with Crippen molar-refractivity contribution in [1.29, 1.82) is 0 Å². The van der Waals surface area contributed by atoms with Crippen LogP contribution < -0.4 is 10.2 Å². The van der Waals surface area contributed by atoms with Gasteiger partial charge in [-0.15, -0.1) is 0 Å². The Labute approximate surface area is 206 Å². The van der Waals surface area contributed by atoms with E-state index in [0.717, 1.165) is 59.7 Å². The van der Waals surface area contributed by atoms with Gasteiger partial charge in [0.25, 0.3) is 5.78 Å². The summed E-state index contributed by atoms with van der Waals surface area (Å²) in [5.41, 5.74) is 7.63. The van der Waals surface area contributed by atoms with E-state index < -0.39 is 0 Å². The Morgan fingerprint density at radius 1 is 1.09 bits per heavy atom. The second kappa shape index (κ2) is 9.49. The van der Waals surface area contributed by atoms with E-state index in [1.54, 1.807) is 6.33 Å². The molecule has 5 rings (SSSR count). The molecule has 0 spiro atoms. The van der Waals surface area contributed by atoms with E-state index in [0.29, 0.717) is 12.3 Å². The molecule has 1 N–H and O–H groups in total. The standard InChI is InChI=1S/C28H32N6O/c1-18-13-19(2)25(20(3)14-18)32-26(35)23-11-8-12-33(16-23)27-24(15-22-9-6-5-7-10-22)21(4)31-28-29-17-30-34(27)28/h5-7,9-10,13-14,17,23H,8,11-12,15-16H2,1-4H3,(H,32,35). The summed E-state index contributed by atoms with van der Waals surface area (Å²) in [5.74, 6) is 1.55. The minimum atomic E-state index is -0.111. The molecule has 35 heavy (non-hydrogen) atoms. The van der Waals surface area contributed by atoms with Gasteiger partial charge in [0.05, 0.1) is 5.92 Å². The summed E-state index contributed by atoms with van der Waals surface area (Å²) in [6, 6.07) is 14.6. The Morgan fingerprint density at radius 3 is 2.57 bits per heavy atom. The van der Waals surface area contributed by atoms with Crippen LogP contribution in [0.2, 0.25) is 0 Å². The molecule has 2 aromatic heterocycles. The van der Waals surface area contributed by atoms with Gasteiger partial charge in [0, 0.05) is 36.5 Å². The van der Waals surface area contributed by atoms with Gasteiger partial charge in [0.1, 0.15) is 12.1 Å². The average Bonchev–Trinajstić information content (AvgIpc) is 3.30. The van der Waals surface area contributed by atoms with Crippen LogP contribution in [0.4, 0.5) is 11.5 Å². The molecule has 7 nitrogen and oxygen atoms in total. The second-order valence-corrected chi connectivity index (χ2v) is 9.68. The average molecular weight is 469 g/mol. The monoisotopic (exact) mass is 468 g/mol. The fourth-order valence-corrected chi connectivity index (χ4v) is 5.29. The quantitative estimate of drug-likeness (QED) is 0.455. The Balaban J connectivity index is 1.46. The maximum absolute atomic E-state index is 13.4. The molecule has 1 aliphatic heterocycles. The zero-order valence-electron chi connectivity index (χ0n) is 20.9. The molecule has 1 amide bonds. The summed E-state index contributed by atoms with van der Waals surface area (Å²) in [5, 5.41) is 7.74. The Morgan fingerprint density at radius 2 is 1.83 bits per heavy atom. The van der Waals surface area contributed by atoms with Crippen LogP contribution in [-0.2, 0) is 11.2 Å². The first-order chi connectivity index (χ1) is 16.9. The fourth-order valence-electron chi connectivity index (χ4n) is 5.29. The van der Waals surface area contributed by atoms with Crippen LogP contribution >= 0.6 is 0 Å². The number of aromatic nitrogens is 4. The molecule has 1 fully saturated rings. The van der Waals surface area contributed by atoms with Crippen molar-refractivity contribution in [1.82, 2.24) is 19.6 Å². The van der Waals surface area contributed by atoms with Crippen LogP contribution in [0.15, 0.2) is 48.8 Å². The van der Waals surface area contributed by atoms with Gasteiger partial charge in [0.2, 0.25) is 5.91 Å². The van der Waals surface area contributed by atoms with Gasteiger partial charge in [-0.2, -0.15) is 14.6 Å². The maximum atomic E-state index is 13.4. The van der Waals surface area contributed by atoms with Crippen molar-refractivity contribution in [2.45, 2.75) is 47.0 Å². The van der Waals surface area contributed by atoms with Gasteiger partial charge in [0.15, 0.2) is 0 Å². The van der Waals surface area contributed by atoms with Crippen LogP contribution in [0.25, 0.3) is 5.78 Å². The first kappa shape index (κ1) is 23.0. The van der Waals surface area contributed by atoms with Gasteiger partial charge >= 0.3 is 0 Å². The van der Waals surface area contributed by atoms with Gasteiger partial charge in [-0.25, -0.2) is 4.98 Å². The number of benzene rings is 2. The first-order valence-electron chi connectivity index (χ1n) is 12.3. The summed E-state index contributed by atoms with van der Waals surface area (Å²) >= 11 is 0. The highest BCUT2D eigenvalue weighted by Gasteiger charge is 2.30. The Kier molecular flexibility index (Phi) is 6.24. The molecule has 1 saturated heterocycles. The van der Waals surface area contributed by atoms with Crippen LogP contribution in [0, 0.1) is 33.6 Å². The molecule has 1 aliphatic rings. The molecule has 1 atom stereocenters. The van der Waals surface area contributed by atoms with Crippen LogP contribution in [0.5, 0.6) is 0 Å². The van der Waals surface area contributed by atoms with E-state index >= 15 is 0 Å². The molecule has 4 aromatic rings. The molecule has 0 radical (unpaired) electrons. The van der Waals surface area contributed by atoms with Crippen LogP contribution in [0.1, 0.15) is 46.4 Å². The number of anilines is 2. The van der Waals surface area contributed by atoms with E-state index in [4.69, 9.17) is 4.98 Å². The number of nitrogens with zero attached hydrogens (tertiary/aromatic N) is 5. The predicted molar refractivity (Wildman–Crippen MR) is 139 cm³/mol. The third-order valence-electron chi connectivity index (χ3n) is 6.95. The van der Waals surface area contributed by atoms with Crippen molar-refractivity contribution in [3.63, 3.8) is 0 Å². The largest absolute Gasteiger partial charge is 0.355 e. The van der Waals surface area contributed by atoms with Gasteiger partial charge < -0.3 is 10.2 Å². The van der Waals surface area contributed by atoms with Gasteiger partial charge in [-0.05, 0) is 57.2 Å². The number of rotatable bonds is 5. The van der Waals surface area contributed by atoms with E-state index in [2.05, 4.69) is 77.5 Å². The summed E-state index contributed by atoms with van der Waals surface area (Å²) in [6.07, 6.45) is 4.10. The van der Waals surface area contributed by atoms with E-state index in [-0.39, 0.29) is 11.8 Å². The summed E-state index contributed by atoms with van der Waals surface area (Å²) in [7, 11) is 0. The number of hydrogen-bond acceptors (Lipinski definition) is 5. The van der Waals surface area contributed by atoms with Crippen LogP contribution in [0.3, 0.4) is 0 Å². The molecular weight excluding hydrogens is 436 g/mol. The molecule has 0 aliphatic carbocycles. The summed E-state index contributed by atoms with van der Waals surface area (Å²) < 4.78 is 1.83. The molecule has 180 valence electrons. The van der Waals surface area contributed by atoms with Crippen molar-refractivity contribution in [2.24, 2.45) is 5.92 Å². The number of hydrogen-bond donors (Lipinski definition) is 1. The minimum Gasteiger partial charge on any atom is -0.355 e. The Bertz CT molecular complexity index is 1350. The molecule has 0 bridgehead atoms. The van der Waals surface area contributed by atoms with Crippen molar-refractivity contribution in [3.05, 3.63) is 82.3 Å². The highest BCUT2D eigenvalue weighted by Crippen LogP contribution is 2.31. The topological polar surface area (TPSA) is 75.4 Å². The third kappa shape index (κ3) is 4.63. The van der Waals surface area contributed by atoms with Crippen molar-refractivity contribution in [3.8, 4) is 0 Å². The lowest BCUT2D eigenvalue weighted by atomic mass is 9.95. The normalized spacial score (nSPS) is 16.0. The highest BCUT2D eigenvalue weighted by atomic mass is 16.1. The number of aryl methyl sites for hydroxylation is 4. The van der Waals surface area contributed by atoms with Gasteiger partial charge in [-0.3, -0.25) is 4.79 Å². The number of carbonyl (C=O) groups is 1. The van der Waals surface area contributed by atoms with Crippen molar-refractivity contribution < 1.29 is 4.79 Å². The first-order valence-corrected chi connectivity index (χ1v) is 12.3. The molecule has 1 unspecified atom stereocenters. The fraction of sp³-hybridized carbons (Fsp3) is 0.357. The summed E-state index contributed by atoms with van der Waals surface area (Å²) in [6.45, 7) is 9.73. The maximum Gasteiger partial charge on any atom is 0.254 e. The lowest BCUT2D eigenvalue weighted by molar-refractivity contribution is -0.120. The Hall–Kier alpha value is -3.74. The van der Waals surface area contributed by atoms with E-state index in [1.165, 1.54) is 11.1 Å². The zero-order valence-corrected chi connectivity index (χ0v) is 20.9. The number of amides is 1. The minimum absolute atomic E-state index is 0.0787. The van der Waals surface area contributed by atoms with Crippen molar-refractivity contribution >= 4 is 23.2 Å². The highest BCUT2D eigenvalue weighted by molar-refractivity contribution is 5.94. The molecule has 7 heteroatoms. The number of nitrogens with one attached hydrogen (secondary N) is 1. The van der Waals surface area contributed by atoms with E-state index in [1.807, 2.05) is 17.5 Å². The molecule has 3 heterocycles. The second-order valence-electron chi connectivity index (χ2n) is 9.68. The molecule has 0 saturated carbocycles. The number of fused-ring (bicyclic) bond motifs is 1. The lowest BCUT2D eigenvalue weighted by Crippen LogP contribution is -2.42. The number of piperidine rings is 1. The molecule has 2 aromatic carbocycles. The summed E-state index contributed by atoms with van der Waals surface area (Å²) in [4.78, 5) is 24.8. The predicted octanol–water partition coefficient (Wildman–Crippen LogP) is 4.80. The van der Waals surface area contributed by atoms with Crippen molar-refractivity contribution in [2.75, 3.05) is 23.3 Å². The zero-order chi connectivity index (χ0) is 24.5. The lowest BCUT2D eigenvalue weighted by Gasteiger charge is -2.35. The van der Waals surface area contributed by atoms with Crippen LogP contribution in [-0.4, -0.2) is 38.6 Å². The smallest absolute Gasteiger partial charge is 0.254 e.